The third kappa shape index (κ3) is 12.1. The van der Waals surface area contributed by atoms with Gasteiger partial charge >= 0.3 is 5.97 Å². The number of fused-ring (bicyclic) bond motifs is 4. The molecule has 2 unspecified atom stereocenters. The minimum absolute atomic E-state index is 0.00837. The van der Waals surface area contributed by atoms with E-state index in [2.05, 4.69) is 13.0 Å². The molecule has 2 bridgehead atoms. The number of cyclic esters (lactones) is 1. The molecule has 15 heteroatoms. The van der Waals surface area contributed by atoms with Crippen LogP contribution in [0.3, 0.4) is 0 Å². The van der Waals surface area contributed by atoms with Gasteiger partial charge in [0.15, 0.2) is 5.78 Å². The lowest BCUT2D eigenvalue weighted by molar-refractivity contribution is -0.302. The van der Waals surface area contributed by atoms with Gasteiger partial charge in [-0.3, -0.25) is 14.4 Å². The summed E-state index contributed by atoms with van der Waals surface area (Å²) in [6.07, 6.45) is 6.29. The number of esters is 1. The second-order valence-electron chi connectivity index (χ2n) is 20.2. The zero-order valence-electron chi connectivity index (χ0n) is 41.8. The smallest absolute Gasteiger partial charge is 0.329 e. The van der Waals surface area contributed by atoms with Gasteiger partial charge in [0.2, 0.25) is 5.79 Å². The summed E-state index contributed by atoms with van der Waals surface area (Å²) in [5, 5.41) is 34.5. The van der Waals surface area contributed by atoms with E-state index in [1.807, 2.05) is 61.9 Å². The number of ether oxygens (including phenoxy) is 6. The van der Waals surface area contributed by atoms with Crippen LogP contribution in [-0.2, 0) is 49.4 Å². The third-order valence-corrected chi connectivity index (χ3v) is 15.2. The maximum absolute atomic E-state index is 14.6. The van der Waals surface area contributed by atoms with E-state index >= 15 is 0 Å². The van der Waals surface area contributed by atoms with E-state index in [0.717, 1.165) is 23.1 Å². The van der Waals surface area contributed by atoms with E-state index in [1.54, 1.807) is 21.0 Å². The number of aliphatic hydroxyl groups is 3. The Kier molecular flexibility index (Phi) is 18.7. The molecule has 4 aliphatic rings. The summed E-state index contributed by atoms with van der Waals surface area (Å²) in [5.74, 6) is -6.48. The molecule has 3 fully saturated rings. The molecule has 68 heavy (non-hydrogen) atoms. The summed E-state index contributed by atoms with van der Waals surface area (Å²) in [4.78, 5) is 58.5. The van der Waals surface area contributed by atoms with Gasteiger partial charge in [0, 0.05) is 69.8 Å². The number of hydrogen-bond donors (Lipinski definition) is 3. The number of nitrogens with zero attached hydrogens (tertiary/aromatic N) is 2. The summed E-state index contributed by atoms with van der Waals surface area (Å²) >= 11 is 0. The number of carbonyl (C=O) groups is 4. The van der Waals surface area contributed by atoms with Crippen molar-refractivity contribution in [2.45, 2.75) is 173 Å². The molecule has 378 valence electrons. The van der Waals surface area contributed by atoms with Gasteiger partial charge in [0.25, 0.3) is 11.7 Å². The van der Waals surface area contributed by atoms with Crippen molar-refractivity contribution < 1.29 is 62.9 Å². The number of Topliss-reactive ketones (excluding diaryl/α,β-unsaturated/α-hetero) is 2. The predicted octanol–water partition coefficient (Wildman–Crippen LogP) is 6.51. The summed E-state index contributed by atoms with van der Waals surface area (Å²) in [5.41, 5.74) is 2.30. The molecule has 6 rings (SSSR count). The fourth-order valence-electron chi connectivity index (χ4n) is 11.3. The number of amides is 1. The van der Waals surface area contributed by atoms with E-state index in [4.69, 9.17) is 28.4 Å². The van der Waals surface area contributed by atoms with Gasteiger partial charge in [-0.25, -0.2) is 4.79 Å². The van der Waals surface area contributed by atoms with E-state index in [0.29, 0.717) is 62.6 Å². The molecule has 1 aliphatic carbocycles. The van der Waals surface area contributed by atoms with Crippen molar-refractivity contribution in [1.29, 1.82) is 0 Å². The molecule has 3 N–H and O–H groups in total. The van der Waals surface area contributed by atoms with Gasteiger partial charge < -0.3 is 53.2 Å². The van der Waals surface area contributed by atoms with Crippen molar-refractivity contribution in [3.63, 3.8) is 0 Å². The van der Waals surface area contributed by atoms with E-state index in [-0.39, 0.29) is 68.2 Å². The van der Waals surface area contributed by atoms with E-state index in [1.165, 1.54) is 19.1 Å². The Bertz CT molecular complexity index is 2120. The average Bonchev–Trinajstić information content (AvgIpc) is 3.73. The molecule has 15 nitrogen and oxygen atoms in total. The van der Waals surface area contributed by atoms with Crippen LogP contribution in [-0.4, -0.2) is 137 Å². The number of allylic oxidation sites excluding steroid dienone is 3. The second kappa shape index (κ2) is 23.8. The number of piperidine rings is 1. The number of benzene rings is 1. The maximum atomic E-state index is 14.6. The normalized spacial score (nSPS) is 35.6. The molecule has 1 aromatic heterocycles. The zero-order chi connectivity index (χ0) is 49.4. The number of aliphatic hydroxyl groups excluding tert-OH is 2. The lowest BCUT2D eigenvalue weighted by atomic mass is 9.81. The van der Waals surface area contributed by atoms with Gasteiger partial charge in [-0.15, -0.1) is 0 Å². The van der Waals surface area contributed by atoms with Crippen LogP contribution in [0.25, 0.3) is 10.9 Å². The first-order chi connectivity index (χ1) is 32.5. The Morgan fingerprint density at radius 1 is 0.897 bits per heavy atom. The number of rotatable bonds is 10. The standard InChI is InChI=1S/C53H78N2O13/c1-10-37-24-31(2)23-32(3)25-46(64-8)49-47(65-9)27-34(5)53(62,68-49)50(59)51(60)55-19-12-11-13-41(55)52(61)67-48(35(6)42(57)30-43(37)58)33(4)26-36-14-17-44(45(28-36)63-7)66-39-15-16-40-38(29-39)18-20-54(40)21-22-56/h15-16,18,20,24,26,29,31-32,34-36,41-42,44-49,56-57,62H,10-14,17,19,21-23,25,27-28,30H2,1-9H3/t31?,32-,34+,35+,36-,41-,42-,44+,45+,46-,47-,48?,49+,53+/m0/s1. The molecular weight excluding hydrogens is 873 g/mol. The number of methoxy groups -OCH3 is 3. The Morgan fingerprint density at radius 2 is 1.62 bits per heavy atom. The first-order valence-corrected chi connectivity index (χ1v) is 25.0. The van der Waals surface area contributed by atoms with Crippen LogP contribution in [0.4, 0.5) is 0 Å². The highest BCUT2D eigenvalue weighted by Gasteiger charge is 2.56. The lowest BCUT2D eigenvalue weighted by Gasteiger charge is -2.47. The molecule has 14 atom stereocenters. The highest BCUT2D eigenvalue weighted by Crippen LogP contribution is 2.40. The Balaban J connectivity index is 1.29. The highest BCUT2D eigenvalue weighted by atomic mass is 16.7. The van der Waals surface area contributed by atoms with Crippen molar-refractivity contribution >= 4 is 34.3 Å². The second-order valence-corrected chi connectivity index (χ2v) is 20.2. The topological polar surface area (TPSA) is 193 Å². The molecule has 1 amide bonds. The first kappa shape index (κ1) is 53.4. The number of aromatic nitrogens is 1. The first-order valence-electron chi connectivity index (χ1n) is 25.0. The van der Waals surface area contributed by atoms with Gasteiger partial charge in [-0.05, 0) is 124 Å². The summed E-state index contributed by atoms with van der Waals surface area (Å²) < 4.78 is 39.0. The molecule has 4 heterocycles. The van der Waals surface area contributed by atoms with Crippen molar-refractivity contribution in [2.75, 3.05) is 34.5 Å². The monoisotopic (exact) mass is 951 g/mol. The molecular formula is C53H78N2O13. The van der Waals surface area contributed by atoms with Crippen LogP contribution in [0.2, 0.25) is 0 Å². The minimum atomic E-state index is -2.51. The van der Waals surface area contributed by atoms with Crippen LogP contribution in [0.5, 0.6) is 5.75 Å². The average molecular weight is 951 g/mol. The molecule has 1 saturated carbocycles. The van der Waals surface area contributed by atoms with Crippen molar-refractivity contribution in [3.05, 3.63) is 53.8 Å². The molecule has 0 radical (unpaired) electrons. The maximum Gasteiger partial charge on any atom is 0.329 e. The molecule has 2 saturated heterocycles. The number of carbonyl (C=O) groups excluding carboxylic acids is 4. The Morgan fingerprint density at radius 3 is 2.31 bits per heavy atom. The van der Waals surface area contributed by atoms with E-state index in [9.17, 15) is 34.5 Å². The van der Waals surface area contributed by atoms with Crippen LogP contribution in [0.15, 0.2) is 53.8 Å². The lowest BCUT2D eigenvalue weighted by Crippen LogP contribution is -2.64. The molecule has 0 spiro atoms. The van der Waals surface area contributed by atoms with Crippen molar-refractivity contribution in [2.24, 2.45) is 29.6 Å². The summed E-state index contributed by atoms with van der Waals surface area (Å²) in [7, 11) is 4.74. The number of ketones is 2. The Hall–Kier alpha value is -3.96. The largest absolute Gasteiger partial charge is 0.488 e. The zero-order valence-corrected chi connectivity index (χ0v) is 41.8. The number of hydrogen-bond acceptors (Lipinski definition) is 13. The molecule has 3 aliphatic heterocycles. The molecule has 1 aromatic carbocycles. The molecule has 2 aromatic rings. The predicted molar refractivity (Wildman–Crippen MR) is 256 cm³/mol. The van der Waals surface area contributed by atoms with Crippen LogP contribution < -0.4 is 4.74 Å². The SMILES string of the molecule is CCC1=CC(C)C[C@H](C)C[C@H](OC)[C@H]2O[C@@](O)(C(=O)C(=O)N3CCCC[C@H]3C(=O)OC(C(C)=C[C@@H]3CC[C@@H](Oc4ccc5c(ccn5CCO)c4)[C@H](OC)C3)[C@H](C)[C@@H](O)CC1=O)[C@H](C)C[C@@H]2OC. The van der Waals surface area contributed by atoms with Gasteiger partial charge in [0.1, 0.15) is 30.1 Å². The highest BCUT2D eigenvalue weighted by molar-refractivity contribution is 6.39. The van der Waals surface area contributed by atoms with E-state index < -0.39 is 71.8 Å². The minimum Gasteiger partial charge on any atom is -0.488 e. The fraction of sp³-hybridized carbons (Fsp3) is 0.698. The summed E-state index contributed by atoms with van der Waals surface area (Å²) in [6.45, 7) is 11.9. The van der Waals surface area contributed by atoms with Crippen LogP contribution in [0, 0.1) is 29.6 Å². The van der Waals surface area contributed by atoms with Crippen LogP contribution in [0.1, 0.15) is 112 Å². The van der Waals surface area contributed by atoms with Gasteiger partial charge in [-0.2, -0.15) is 0 Å². The third-order valence-electron chi connectivity index (χ3n) is 15.2. The van der Waals surface area contributed by atoms with Crippen LogP contribution >= 0.6 is 0 Å². The van der Waals surface area contributed by atoms with Crippen molar-refractivity contribution in [1.82, 2.24) is 9.47 Å². The summed E-state index contributed by atoms with van der Waals surface area (Å²) in [6, 6.07) is 6.76. The quantitative estimate of drug-likeness (QED) is 0.133. The van der Waals surface area contributed by atoms with Gasteiger partial charge in [-0.1, -0.05) is 46.8 Å². The van der Waals surface area contributed by atoms with Gasteiger partial charge in [0.05, 0.1) is 31.0 Å². The Labute approximate surface area is 402 Å². The van der Waals surface area contributed by atoms with Crippen molar-refractivity contribution in [3.8, 4) is 5.75 Å². The fourth-order valence-corrected chi connectivity index (χ4v) is 11.3.